The number of aryl methyl sites for hydroxylation is 1. The monoisotopic (exact) mass is 296 g/mol. The van der Waals surface area contributed by atoms with Crippen LogP contribution < -0.4 is 5.73 Å². The molecular weight excluding hydrogens is 272 g/mol. The third-order valence-corrected chi connectivity index (χ3v) is 4.92. The van der Waals surface area contributed by atoms with Crippen LogP contribution in [0.1, 0.15) is 25.3 Å². The SMILES string of the molecule is C=CCN(CCC)S(=O)(=O)c1ccc(CCCN)cc1. The van der Waals surface area contributed by atoms with Crippen LogP contribution in [0, 0.1) is 0 Å². The molecule has 0 aliphatic rings. The van der Waals surface area contributed by atoms with Gasteiger partial charge in [0.15, 0.2) is 0 Å². The minimum absolute atomic E-state index is 0.337. The Balaban J connectivity index is 2.93. The largest absolute Gasteiger partial charge is 0.330 e. The Labute approximate surface area is 122 Å². The minimum atomic E-state index is -3.43. The van der Waals surface area contributed by atoms with Gasteiger partial charge in [-0.1, -0.05) is 25.1 Å². The van der Waals surface area contributed by atoms with E-state index in [2.05, 4.69) is 6.58 Å². The molecule has 0 aliphatic heterocycles. The summed E-state index contributed by atoms with van der Waals surface area (Å²) in [5.41, 5.74) is 6.58. The fourth-order valence-electron chi connectivity index (χ4n) is 1.99. The maximum absolute atomic E-state index is 12.5. The molecule has 0 amide bonds. The van der Waals surface area contributed by atoms with E-state index in [-0.39, 0.29) is 0 Å². The van der Waals surface area contributed by atoms with Crippen molar-refractivity contribution in [1.82, 2.24) is 4.31 Å². The lowest BCUT2D eigenvalue weighted by molar-refractivity contribution is 0.441. The lowest BCUT2D eigenvalue weighted by Crippen LogP contribution is -2.32. The van der Waals surface area contributed by atoms with E-state index < -0.39 is 10.0 Å². The van der Waals surface area contributed by atoms with E-state index in [4.69, 9.17) is 5.73 Å². The van der Waals surface area contributed by atoms with E-state index in [1.54, 1.807) is 18.2 Å². The summed E-state index contributed by atoms with van der Waals surface area (Å²) in [7, 11) is -3.43. The molecule has 0 radical (unpaired) electrons. The summed E-state index contributed by atoms with van der Waals surface area (Å²) in [5.74, 6) is 0. The Kier molecular flexibility index (Phi) is 6.91. The van der Waals surface area contributed by atoms with Crippen LogP contribution in [0.4, 0.5) is 0 Å². The molecule has 0 saturated heterocycles. The fraction of sp³-hybridized carbons (Fsp3) is 0.467. The van der Waals surface area contributed by atoms with Gasteiger partial charge in [-0.25, -0.2) is 8.42 Å². The van der Waals surface area contributed by atoms with Crippen molar-refractivity contribution < 1.29 is 8.42 Å². The van der Waals surface area contributed by atoms with Gasteiger partial charge in [0.05, 0.1) is 4.90 Å². The van der Waals surface area contributed by atoms with Crippen molar-refractivity contribution in [1.29, 1.82) is 0 Å². The third-order valence-electron chi connectivity index (χ3n) is 3.04. The van der Waals surface area contributed by atoms with Gasteiger partial charge in [0.2, 0.25) is 10.0 Å². The van der Waals surface area contributed by atoms with Gasteiger partial charge in [-0.3, -0.25) is 0 Å². The Morgan fingerprint density at radius 2 is 1.95 bits per heavy atom. The van der Waals surface area contributed by atoms with Gasteiger partial charge >= 0.3 is 0 Å². The van der Waals surface area contributed by atoms with Gasteiger partial charge in [-0.15, -0.1) is 6.58 Å². The highest BCUT2D eigenvalue weighted by Crippen LogP contribution is 2.17. The highest BCUT2D eigenvalue weighted by atomic mass is 32.2. The maximum atomic E-state index is 12.5. The molecule has 2 N–H and O–H groups in total. The van der Waals surface area contributed by atoms with Crippen LogP contribution in [0.15, 0.2) is 41.8 Å². The molecule has 20 heavy (non-hydrogen) atoms. The molecule has 1 rings (SSSR count). The second-order valence-electron chi connectivity index (χ2n) is 4.69. The van der Waals surface area contributed by atoms with Crippen LogP contribution in [0.3, 0.4) is 0 Å². The van der Waals surface area contributed by atoms with Crippen molar-refractivity contribution in [3.8, 4) is 0 Å². The van der Waals surface area contributed by atoms with E-state index in [1.807, 2.05) is 19.1 Å². The fourth-order valence-corrected chi connectivity index (χ4v) is 3.49. The highest BCUT2D eigenvalue weighted by molar-refractivity contribution is 7.89. The second-order valence-corrected chi connectivity index (χ2v) is 6.63. The Hall–Kier alpha value is -1.17. The molecule has 4 nitrogen and oxygen atoms in total. The topological polar surface area (TPSA) is 63.4 Å². The molecular formula is C15H24N2O2S. The molecule has 0 aromatic heterocycles. The van der Waals surface area contributed by atoms with E-state index in [1.165, 1.54) is 4.31 Å². The summed E-state index contributed by atoms with van der Waals surface area (Å²) in [6, 6.07) is 7.07. The van der Waals surface area contributed by atoms with Crippen LogP contribution in [-0.2, 0) is 16.4 Å². The van der Waals surface area contributed by atoms with Gasteiger partial charge in [-0.05, 0) is 43.5 Å². The zero-order chi connectivity index (χ0) is 15.0. The molecule has 5 heteroatoms. The molecule has 0 fully saturated rings. The lowest BCUT2D eigenvalue weighted by atomic mass is 10.1. The van der Waals surface area contributed by atoms with E-state index in [0.717, 1.165) is 24.8 Å². The van der Waals surface area contributed by atoms with Gasteiger partial charge < -0.3 is 5.73 Å². The number of nitrogens with zero attached hydrogens (tertiary/aromatic N) is 1. The molecule has 1 aromatic rings. The number of nitrogens with two attached hydrogens (primary N) is 1. The molecule has 0 unspecified atom stereocenters. The number of rotatable bonds is 9. The number of hydrogen-bond acceptors (Lipinski definition) is 3. The smallest absolute Gasteiger partial charge is 0.243 e. The van der Waals surface area contributed by atoms with E-state index in [0.29, 0.717) is 24.5 Å². The molecule has 0 atom stereocenters. The van der Waals surface area contributed by atoms with Crippen LogP contribution in [0.2, 0.25) is 0 Å². The van der Waals surface area contributed by atoms with Crippen LogP contribution in [0.5, 0.6) is 0 Å². The average molecular weight is 296 g/mol. The first-order chi connectivity index (χ1) is 9.56. The third kappa shape index (κ3) is 4.44. The van der Waals surface area contributed by atoms with E-state index in [9.17, 15) is 8.42 Å². The van der Waals surface area contributed by atoms with Crippen LogP contribution >= 0.6 is 0 Å². The molecule has 1 aromatic carbocycles. The van der Waals surface area contributed by atoms with E-state index >= 15 is 0 Å². The van der Waals surface area contributed by atoms with Gasteiger partial charge in [0, 0.05) is 13.1 Å². The molecule has 112 valence electrons. The Bertz CT molecular complexity index is 509. The maximum Gasteiger partial charge on any atom is 0.243 e. The predicted molar refractivity (Wildman–Crippen MR) is 83.1 cm³/mol. The molecule has 0 spiro atoms. The molecule has 0 aliphatic carbocycles. The first kappa shape index (κ1) is 16.9. The average Bonchev–Trinajstić information content (AvgIpc) is 2.45. The summed E-state index contributed by atoms with van der Waals surface area (Å²) >= 11 is 0. The normalized spacial score (nSPS) is 11.8. The van der Waals surface area contributed by atoms with Crippen molar-refractivity contribution in [3.63, 3.8) is 0 Å². The quantitative estimate of drug-likeness (QED) is 0.710. The van der Waals surface area contributed by atoms with Gasteiger partial charge in [0.25, 0.3) is 0 Å². The zero-order valence-corrected chi connectivity index (χ0v) is 12.9. The first-order valence-corrected chi connectivity index (χ1v) is 8.40. The Morgan fingerprint density at radius 1 is 1.30 bits per heavy atom. The van der Waals surface area contributed by atoms with Crippen molar-refractivity contribution in [2.45, 2.75) is 31.1 Å². The first-order valence-electron chi connectivity index (χ1n) is 6.96. The standard InChI is InChI=1S/C15H24N2O2S/c1-3-12-17(13-4-2)20(18,19)15-9-7-14(8-10-15)6-5-11-16/h3,7-10H,1,4-6,11-13,16H2,2H3. The predicted octanol–water partition coefficient (Wildman–Crippen LogP) is 2.16. The summed E-state index contributed by atoms with van der Waals surface area (Å²) in [5, 5.41) is 0. The number of benzene rings is 1. The van der Waals surface area contributed by atoms with Crippen LogP contribution in [0.25, 0.3) is 0 Å². The summed E-state index contributed by atoms with van der Waals surface area (Å²) in [6.45, 7) is 7.06. The van der Waals surface area contributed by atoms with Gasteiger partial charge in [-0.2, -0.15) is 4.31 Å². The second kappa shape index (κ2) is 8.19. The summed E-state index contributed by atoms with van der Waals surface area (Å²) < 4.78 is 26.4. The zero-order valence-electron chi connectivity index (χ0n) is 12.1. The molecule has 0 heterocycles. The molecule has 0 bridgehead atoms. The minimum Gasteiger partial charge on any atom is -0.330 e. The number of hydrogen-bond donors (Lipinski definition) is 1. The van der Waals surface area contributed by atoms with Crippen molar-refractivity contribution in [3.05, 3.63) is 42.5 Å². The summed E-state index contributed by atoms with van der Waals surface area (Å²) in [6.07, 6.45) is 4.18. The Morgan fingerprint density at radius 3 is 2.45 bits per heavy atom. The van der Waals surface area contributed by atoms with Crippen LogP contribution in [-0.4, -0.2) is 32.4 Å². The van der Waals surface area contributed by atoms with Crippen molar-refractivity contribution in [2.75, 3.05) is 19.6 Å². The molecule has 0 saturated carbocycles. The highest BCUT2D eigenvalue weighted by Gasteiger charge is 2.22. The van der Waals surface area contributed by atoms with Crippen molar-refractivity contribution >= 4 is 10.0 Å². The summed E-state index contributed by atoms with van der Waals surface area (Å²) in [4.78, 5) is 0.337. The van der Waals surface area contributed by atoms with Gasteiger partial charge in [0.1, 0.15) is 0 Å². The number of sulfonamides is 1. The van der Waals surface area contributed by atoms with Crippen molar-refractivity contribution in [2.24, 2.45) is 5.73 Å². The lowest BCUT2D eigenvalue weighted by Gasteiger charge is -2.20.